The van der Waals surface area contributed by atoms with Gasteiger partial charge in [-0.15, -0.1) is 0 Å². The summed E-state index contributed by atoms with van der Waals surface area (Å²) in [4.78, 5) is 12.4. The van der Waals surface area contributed by atoms with Gasteiger partial charge >= 0.3 is 0 Å². The smallest absolute Gasteiger partial charge is 0.150 e. The SMILES string of the molecule is O=S1(=O)CCC(CNCc2cc(-c3ccc4ncnc(Nc5ccc6c(cnn6Cc6cccc(F)c6)c5)c4c3)c[nH]2)CC1. The number of H-pyrrole nitrogens is 1. The molecule has 44 heavy (non-hydrogen) atoms. The molecule has 0 amide bonds. The number of benzene rings is 3. The first-order valence-corrected chi connectivity index (χ1v) is 16.5. The van der Waals surface area contributed by atoms with Crippen molar-refractivity contribution in [1.82, 2.24) is 30.0 Å². The molecular weight excluding hydrogens is 577 g/mol. The van der Waals surface area contributed by atoms with Gasteiger partial charge in [-0.25, -0.2) is 22.8 Å². The normalized spacial score (nSPS) is 15.2. The first-order valence-electron chi connectivity index (χ1n) is 14.7. The minimum atomic E-state index is -2.84. The van der Waals surface area contributed by atoms with Gasteiger partial charge in [-0.3, -0.25) is 4.68 Å². The molecule has 224 valence electrons. The van der Waals surface area contributed by atoms with Gasteiger partial charge < -0.3 is 15.6 Å². The Labute approximate surface area is 254 Å². The lowest BCUT2D eigenvalue weighted by atomic mass is 10.0. The molecule has 0 aliphatic carbocycles. The number of aromatic amines is 1. The lowest BCUT2D eigenvalue weighted by Crippen LogP contribution is -2.30. The van der Waals surface area contributed by atoms with Crippen LogP contribution in [-0.4, -0.2) is 51.2 Å². The Balaban J connectivity index is 1.05. The summed E-state index contributed by atoms with van der Waals surface area (Å²) in [6.45, 7) is 1.98. The maximum atomic E-state index is 13.7. The van der Waals surface area contributed by atoms with Crippen LogP contribution in [0.25, 0.3) is 32.9 Å². The molecule has 1 aliphatic rings. The minimum absolute atomic E-state index is 0.257. The summed E-state index contributed by atoms with van der Waals surface area (Å²) in [6, 6.07) is 20.9. The molecule has 9 nitrogen and oxygen atoms in total. The molecular formula is C33H32FN7O2S. The zero-order valence-corrected chi connectivity index (χ0v) is 24.8. The van der Waals surface area contributed by atoms with Crippen molar-refractivity contribution in [2.45, 2.75) is 25.9 Å². The van der Waals surface area contributed by atoms with Crippen LogP contribution in [0.15, 0.2) is 85.5 Å². The van der Waals surface area contributed by atoms with Crippen LogP contribution >= 0.6 is 0 Å². The molecule has 0 spiro atoms. The Morgan fingerprint density at radius 3 is 2.73 bits per heavy atom. The monoisotopic (exact) mass is 609 g/mol. The van der Waals surface area contributed by atoms with Gasteiger partial charge in [0.2, 0.25) is 0 Å². The average molecular weight is 610 g/mol. The van der Waals surface area contributed by atoms with Gasteiger partial charge in [0.15, 0.2) is 0 Å². The number of aromatic nitrogens is 5. The maximum absolute atomic E-state index is 13.7. The zero-order chi connectivity index (χ0) is 30.1. The lowest BCUT2D eigenvalue weighted by molar-refractivity contribution is 0.431. The third-order valence-corrected chi connectivity index (χ3v) is 9.98. The second-order valence-corrected chi connectivity index (χ2v) is 13.7. The van der Waals surface area contributed by atoms with E-state index in [1.807, 2.05) is 47.4 Å². The van der Waals surface area contributed by atoms with E-state index in [-0.39, 0.29) is 5.82 Å². The molecule has 7 rings (SSSR count). The average Bonchev–Trinajstić information content (AvgIpc) is 3.65. The van der Waals surface area contributed by atoms with E-state index in [2.05, 4.69) is 48.9 Å². The van der Waals surface area contributed by atoms with Gasteiger partial charge in [0.25, 0.3) is 0 Å². The Morgan fingerprint density at radius 1 is 0.977 bits per heavy atom. The Hall–Kier alpha value is -4.61. The molecule has 0 unspecified atom stereocenters. The van der Waals surface area contributed by atoms with Crippen molar-refractivity contribution in [1.29, 1.82) is 0 Å². The topological polar surface area (TPSA) is 118 Å². The first-order chi connectivity index (χ1) is 21.4. The maximum Gasteiger partial charge on any atom is 0.150 e. The Bertz CT molecular complexity index is 2060. The summed E-state index contributed by atoms with van der Waals surface area (Å²) in [5.74, 6) is 1.44. The predicted molar refractivity (Wildman–Crippen MR) is 171 cm³/mol. The highest BCUT2D eigenvalue weighted by Crippen LogP contribution is 2.30. The van der Waals surface area contributed by atoms with Crippen molar-refractivity contribution in [2.24, 2.45) is 5.92 Å². The van der Waals surface area contributed by atoms with Gasteiger partial charge in [-0.05, 0) is 90.5 Å². The van der Waals surface area contributed by atoms with Crippen LogP contribution in [0.2, 0.25) is 0 Å². The van der Waals surface area contributed by atoms with E-state index in [1.165, 1.54) is 12.1 Å². The largest absolute Gasteiger partial charge is 0.363 e. The van der Waals surface area contributed by atoms with Gasteiger partial charge in [0.05, 0.1) is 35.3 Å². The molecule has 3 N–H and O–H groups in total. The highest BCUT2D eigenvalue weighted by Gasteiger charge is 2.23. The zero-order valence-electron chi connectivity index (χ0n) is 24.0. The second kappa shape index (κ2) is 11.8. The van der Waals surface area contributed by atoms with Crippen LogP contribution in [0, 0.1) is 11.7 Å². The van der Waals surface area contributed by atoms with E-state index in [4.69, 9.17) is 0 Å². The summed E-state index contributed by atoms with van der Waals surface area (Å²) < 4.78 is 38.9. The number of hydrogen-bond acceptors (Lipinski definition) is 7. The Kier molecular flexibility index (Phi) is 7.57. The molecule has 4 heterocycles. The van der Waals surface area contributed by atoms with E-state index >= 15 is 0 Å². The first kappa shape index (κ1) is 28.2. The number of fused-ring (bicyclic) bond motifs is 2. The lowest BCUT2D eigenvalue weighted by Gasteiger charge is -2.22. The van der Waals surface area contributed by atoms with Gasteiger partial charge in [0, 0.05) is 34.9 Å². The number of rotatable bonds is 9. The minimum Gasteiger partial charge on any atom is -0.363 e. The highest BCUT2D eigenvalue weighted by molar-refractivity contribution is 7.91. The van der Waals surface area contributed by atoms with Crippen molar-refractivity contribution >= 4 is 43.1 Å². The van der Waals surface area contributed by atoms with Crippen LogP contribution < -0.4 is 10.6 Å². The Morgan fingerprint density at radius 2 is 1.86 bits per heavy atom. The van der Waals surface area contributed by atoms with Crippen molar-refractivity contribution in [2.75, 3.05) is 23.4 Å². The third-order valence-electron chi connectivity index (χ3n) is 8.26. The number of halogens is 1. The number of nitrogens with zero attached hydrogens (tertiary/aromatic N) is 4. The number of anilines is 2. The molecule has 3 aromatic carbocycles. The molecule has 6 aromatic rings. The van der Waals surface area contributed by atoms with Crippen LogP contribution in [0.5, 0.6) is 0 Å². The van der Waals surface area contributed by atoms with E-state index in [0.717, 1.165) is 69.3 Å². The van der Waals surface area contributed by atoms with E-state index in [0.29, 0.717) is 36.3 Å². The molecule has 1 saturated heterocycles. The van der Waals surface area contributed by atoms with E-state index in [1.54, 1.807) is 12.4 Å². The van der Waals surface area contributed by atoms with Crippen molar-refractivity contribution in [3.63, 3.8) is 0 Å². The fourth-order valence-electron chi connectivity index (χ4n) is 5.84. The summed E-state index contributed by atoms with van der Waals surface area (Å²) in [5, 5.41) is 13.3. The van der Waals surface area contributed by atoms with E-state index in [9.17, 15) is 12.8 Å². The molecule has 0 atom stereocenters. The molecule has 0 saturated carbocycles. The van der Waals surface area contributed by atoms with Gasteiger partial charge in [-0.2, -0.15) is 5.10 Å². The van der Waals surface area contributed by atoms with Gasteiger partial charge in [-0.1, -0.05) is 18.2 Å². The van der Waals surface area contributed by atoms with Gasteiger partial charge in [0.1, 0.15) is 27.8 Å². The summed E-state index contributed by atoms with van der Waals surface area (Å²) in [7, 11) is -2.84. The molecule has 11 heteroatoms. The fraction of sp³-hybridized carbons (Fsp3) is 0.242. The van der Waals surface area contributed by atoms with Crippen LogP contribution in [0.4, 0.5) is 15.9 Å². The molecule has 1 fully saturated rings. The van der Waals surface area contributed by atoms with E-state index < -0.39 is 9.84 Å². The van der Waals surface area contributed by atoms with Crippen molar-refractivity contribution < 1.29 is 12.8 Å². The number of hydrogen-bond donors (Lipinski definition) is 3. The molecule has 0 bridgehead atoms. The number of nitrogens with one attached hydrogen (secondary N) is 3. The molecule has 0 radical (unpaired) electrons. The second-order valence-electron chi connectivity index (χ2n) is 11.4. The fourth-order valence-corrected chi connectivity index (χ4v) is 7.42. The third kappa shape index (κ3) is 6.20. The van der Waals surface area contributed by atoms with Crippen LogP contribution in [-0.2, 0) is 22.9 Å². The van der Waals surface area contributed by atoms with Crippen molar-refractivity contribution in [3.05, 3.63) is 103 Å². The molecule has 1 aliphatic heterocycles. The van der Waals surface area contributed by atoms with Crippen LogP contribution in [0.3, 0.4) is 0 Å². The predicted octanol–water partition coefficient (Wildman–Crippen LogP) is 5.82. The molecule has 3 aromatic heterocycles. The van der Waals surface area contributed by atoms with Crippen molar-refractivity contribution in [3.8, 4) is 11.1 Å². The quantitative estimate of drug-likeness (QED) is 0.189. The highest BCUT2D eigenvalue weighted by atomic mass is 32.2. The van der Waals surface area contributed by atoms with Crippen LogP contribution in [0.1, 0.15) is 24.1 Å². The number of sulfone groups is 1. The summed E-state index contributed by atoms with van der Waals surface area (Å²) >= 11 is 0. The summed E-state index contributed by atoms with van der Waals surface area (Å²) in [5.41, 5.74) is 6.70. The summed E-state index contributed by atoms with van der Waals surface area (Å²) in [6.07, 6.45) is 6.83. The standard InChI is InChI=1S/C33H32FN7O2S/c34-27-3-1-2-23(12-27)20-41-32-7-5-28(14-26(32)18-39-41)40-33-30-15-24(4-6-31(30)37-21-38-33)25-13-29(36-17-25)19-35-16-22-8-10-44(42,43)11-9-22/h1-7,12-15,17-18,21-22,35-36H,8-11,16,19-20H2,(H,37,38,40).